The molecule has 38 heavy (non-hydrogen) atoms. The van der Waals surface area contributed by atoms with Gasteiger partial charge < -0.3 is 15.1 Å². The molecular formula is C27H32ClF3N4O3. The molecule has 11 heteroatoms. The number of nitrogens with zero attached hydrogens (tertiary/aromatic N) is 3. The molecule has 2 aliphatic rings. The second-order valence-electron chi connectivity index (χ2n) is 10.3. The topological polar surface area (TPSA) is 78.7 Å². The number of amides is 1. The standard InChI is InChI=1S/C27H32ClF3N4O3/c1-33(17-18-12-14-34(15-13-18)23-9-4-20(28)5-10-23)26(36)19-2-6-21(7-3-19)32-22-8-11-25(35(37)38)24(16-22)27(29,30)31/h4-5,8-11,16,18-19,21,32H,2-3,6-7,12-15,17H2,1H3. The average Bonchev–Trinajstić information content (AvgIpc) is 2.89. The van der Waals surface area contributed by atoms with E-state index in [-0.39, 0.29) is 23.6 Å². The second kappa shape index (κ2) is 11.8. The third-order valence-electron chi connectivity index (χ3n) is 7.66. The normalized spacial score (nSPS) is 20.7. The van der Waals surface area contributed by atoms with Gasteiger partial charge in [-0.2, -0.15) is 13.2 Å². The number of hydrogen-bond acceptors (Lipinski definition) is 5. The zero-order valence-electron chi connectivity index (χ0n) is 21.2. The van der Waals surface area contributed by atoms with Gasteiger partial charge in [-0.05, 0) is 80.8 Å². The molecular weight excluding hydrogens is 521 g/mol. The number of nitrogens with one attached hydrogen (secondary N) is 1. The van der Waals surface area contributed by atoms with Crippen molar-refractivity contribution in [2.45, 2.75) is 50.7 Å². The lowest BCUT2D eigenvalue weighted by Gasteiger charge is -2.36. The Morgan fingerprint density at radius 2 is 1.71 bits per heavy atom. The van der Waals surface area contributed by atoms with Crippen LogP contribution >= 0.6 is 11.6 Å². The second-order valence-corrected chi connectivity index (χ2v) is 10.7. The predicted molar refractivity (Wildman–Crippen MR) is 141 cm³/mol. The first-order valence-electron chi connectivity index (χ1n) is 12.9. The van der Waals surface area contributed by atoms with Crippen molar-refractivity contribution in [1.82, 2.24) is 4.90 Å². The quantitative estimate of drug-likeness (QED) is 0.309. The molecule has 1 N–H and O–H groups in total. The maximum absolute atomic E-state index is 13.3. The maximum atomic E-state index is 13.3. The largest absolute Gasteiger partial charge is 0.423 e. The fourth-order valence-electron chi connectivity index (χ4n) is 5.55. The van der Waals surface area contributed by atoms with E-state index in [1.54, 1.807) is 0 Å². The molecule has 1 aliphatic heterocycles. The van der Waals surface area contributed by atoms with Crippen LogP contribution in [-0.4, -0.2) is 48.5 Å². The summed E-state index contributed by atoms with van der Waals surface area (Å²) < 4.78 is 39.8. The maximum Gasteiger partial charge on any atom is 0.423 e. The van der Waals surface area contributed by atoms with Crippen LogP contribution in [0.3, 0.4) is 0 Å². The molecule has 1 amide bonds. The molecule has 2 aromatic carbocycles. The first-order valence-corrected chi connectivity index (χ1v) is 13.3. The molecule has 2 aromatic rings. The Hall–Kier alpha value is -3.01. The fourth-order valence-corrected chi connectivity index (χ4v) is 5.67. The molecule has 0 spiro atoms. The zero-order valence-corrected chi connectivity index (χ0v) is 22.0. The summed E-state index contributed by atoms with van der Waals surface area (Å²) in [7, 11) is 1.85. The van der Waals surface area contributed by atoms with Crippen LogP contribution in [0.25, 0.3) is 0 Å². The van der Waals surface area contributed by atoms with Crippen LogP contribution in [0.5, 0.6) is 0 Å². The molecule has 1 heterocycles. The van der Waals surface area contributed by atoms with Gasteiger partial charge in [0, 0.05) is 61.1 Å². The van der Waals surface area contributed by atoms with Crippen LogP contribution in [0, 0.1) is 22.0 Å². The van der Waals surface area contributed by atoms with Crippen LogP contribution in [-0.2, 0) is 11.0 Å². The van der Waals surface area contributed by atoms with Gasteiger partial charge in [0.2, 0.25) is 5.91 Å². The van der Waals surface area contributed by atoms with Crippen molar-refractivity contribution < 1.29 is 22.9 Å². The highest BCUT2D eigenvalue weighted by Gasteiger charge is 2.38. The fraction of sp³-hybridized carbons (Fsp3) is 0.519. The SMILES string of the molecule is CN(CC1CCN(c2ccc(Cl)cc2)CC1)C(=O)C1CCC(Nc2ccc([N+](=O)[O-])c(C(F)(F)F)c2)CC1. The van der Waals surface area contributed by atoms with Crippen molar-refractivity contribution in [3.8, 4) is 0 Å². The van der Waals surface area contributed by atoms with Crippen molar-refractivity contribution in [2.75, 3.05) is 36.9 Å². The summed E-state index contributed by atoms with van der Waals surface area (Å²) in [6.45, 7) is 2.59. The highest BCUT2D eigenvalue weighted by atomic mass is 35.5. The number of hydrogen-bond donors (Lipinski definition) is 1. The van der Waals surface area contributed by atoms with E-state index in [0.29, 0.717) is 38.1 Å². The number of benzene rings is 2. The summed E-state index contributed by atoms with van der Waals surface area (Å²) in [4.78, 5) is 27.2. The average molecular weight is 553 g/mol. The van der Waals surface area contributed by atoms with Gasteiger partial charge in [-0.25, -0.2) is 0 Å². The third-order valence-corrected chi connectivity index (χ3v) is 7.91. The number of carbonyl (C=O) groups excluding carboxylic acids is 1. The van der Waals surface area contributed by atoms with Gasteiger partial charge in [-0.15, -0.1) is 0 Å². The molecule has 1 aliphatic carbocycles. The van der Waals surface area contributed by atoms with Crippen LogP contribution < -0.4 is 10.2 Å². The molecule has 0 bridgehead atoms. The highest BCUT2D eigenvalue weighted by molar-refractivity contribution is 6.30. The van der Waals surface area contributed by atoms with Gasteiger partial charge in [0.05, 0.1) is 4.92 Å². The molecule has 0 radical (unpaired) electrons. The molecule has 1 saturated heterocycles. The van der Waals surface area contributed by atoms with E-state index < -0.39 is 22.4 Å². The number of nitro groups is 1. The van der Waals surface area contributed by atoms with Crippen LogP contribution in [0.1, 0.15) is 44.1 Å². The predicted octanol–water partition coefficient (Wildman–Crippen LogP) is 6.61. The zero-order chi connectivity index (χ0) is 27.4. The Kier molecular flexibility index (Phi) is 8.70. The Morgan fingerprint density at radius 3 is 2.29 bits per heavy atom. The smallest absolute Gasteiger partial charge is 0.382 e. The molecule has 0 unspecified atom stereocenters. The monoisotopic (exact) mass is 552 g/mol. The highest BCUT2D eigenvalue weighted by Crippen LogP contribution is 2.38. The lowest BCUT2D eigenvalue weighted by Crippen LogP contribution is -2.42. The lowest BCUT2D eigenvalue weighted by molar-refractivity contribution is -0.388. The minimum Gasteiger partial charge on any atom is -0.382 e. The van der Waals surface area contributed by atoms with Crippen LogP contribution in [0.15, 0.2) is 42.5 Å². The Balaban J connectivity index is 1.24. The van der Waals surface area contributed by atoms with E-state index in [2.05, 4.69) is 10.2 Å². The van der Waals surface area contributed by atoms with E-state index in [1.165, 1.54) is 6.07 Å². The van der Waals surface area contributed by atoms with Gasteiger partial charge in [0.25, 0.3) is 5.69 Å². The molecule has 206 valence electrons. The van der Waals surface area contributed by atoms with E-state index in [9.17, 15) is 28.1 Å². The minimum atomic E-state index is -4.82. The molecule has 0 aromatic heterocycles. The number of anilines is 2. The number of alkyl halides is 3. The third kappa shape index (κ3) is 6.89. The molecule has 0 atom stereocenters. The van der Waals surface area contributed by atoms with Gasteiger partial charge >= 0.3 is 6.18 Å². The van der Waals surface area contributed by atoms with Gasteiger partial charge in [-0.1, -0.05) is 11.6 Å². The lowest BCUT2D eigenvalue weighted by atomic mass is 9.84. The van der Waals surface area contributed by atoms with Crippen molar-refractivity contribution in [3.63, 3.8) is 0 Å². The van der Waals surface area contributed by atoms with Gasteiger partial charge in [0.15, 0.2) is 0 Å². The van der Waals surface area contributed by atoms with E-state index in [4.69, 9.17) is 11.6 Å². The Labute approximate surface area is 225 Å². The van der Waals surface area contributed by atoms with Crippen molar-refractivity contribution in [1.29, 1.82) is 0 Å². The summed E-state index contributed by atoms with van der Waals surface area (Å²) in [6.07, 6.45) is -0.229. The van der Waals surface area contributed by atoms with Gasteiger partial charge in [-0.3, -0.25) is 14.9 Å². The molecule has 1 saturated carbocycles. The summed E-state index contributed by atoms with van der Waals surface area (Å²) >= 11 is 5.99. The number of rotatable bonds is 7. The van der Waals surface area contributed by atoms with Crippen molar-refractivity contribution in [2.24, 2.45) is 11.8 Å². The first-order chi connectivity index (χ1) is 18.0. The molecule has 2 fully saturated rings. The minimum absolute atomic E-state index is 0.0934. The Bertz CT molecular complexity index is 1130. The number of halogens is 4. The summed E-state index contributed by atoms with van der Waals surface area (Å²) in [5.41, 5.74) is -0.876. The summed E-state index contributed by atoms with van der Waals surface area (Å²) in [6, 6.07) is 10.7. The van der Waals surface area contributed by atoms with E-state index in [0.717, 1.165) is 48.8 Å². The number of carbonyl (C=O) groups is 1. The molecule has 4 rings (SSSR count). The molecule has 7 nitrogen and oxygen atoms in total. The van der Waals surface area contributed by atoms with Crippen LogP contribution in [0.4, 0.5) is 30.2 Å². The van der Waals surface area contributed by atoms with Crippen molar-refractivity contribution in [3.05, 3.63) is 63.2 Å². The van der Waals surface area contributed by atoms with Crippen LogP contribution in [0.2, 0.25) is 5.02 Å². The van der Waals surface area contributed by atoms with Gasteiger partial charge in [0.1, 0.15) is 5.56 Å². The van der Waals surface area contributed by atoms with Crippen molar-refractivity contribution >= 4 is 34.6 Å². The number of nitro benzene ring substituents is 1. The summed E-state index contributed by atoms with van der Waals surface area (Å²) in [5, 5.41) is 14.8. The van der Waals surface area contributed by atoms with E-state index in [1.807, 2.05) is 36.2 Å². The first kappa shape index (κ1) is 28.0. The van der Waals surface area contributed by atoms with E-state index >= 15 is 0 Å². The summed E-state index contributed by atoms with van der Waals surface area (Å²) in [5.74, 6) is 0.462. The Morgan fingerprint density at radius 1 is 1.08 bits per heavy atom. The number of piperidine rings is 1.